The predicted octanol–water partition coefficient (Wildman–Crippen LogP) is 3.96. The van der Waals surface area contributed by atoms with E-state index in [1.807, 2.05) is 51.1 Å². The first-order chi connectivity index (χ1) is 20.2. The van der Waals surface area contributed by atoms with Crippen molar-refractivity contribution in [3.8, 4) is 23.3 Å². The number of rotatable bonds is 8. The van der Waals surface area contributed by atoms with Crippen LogP contribution in [-0.2, 0) is 4.79 Å². The summed E-state index contributed by atoms with van der Waals surface area (Å²) >= 11 is 0. The van der Waals surface area contributed by atoms with E-state index in [0.29, 0.717) is 60.8 Å². The number of amides is 1. The van der Waals surface area contributed by atoms with Crippen molar-refractivity contribution >= 4 is 22.9 Å². The molecule has 0 spiro atoms. The molecule has 0 radical (unpaired) electrons. The molecule has 3 heterocycles. The number of carbonyl (C=O) groups is 1. The van der Waals surface area contributed by atoms with Gasteiger partial charge in [0.15, 0.2) is 11.5 Å². The fraction of sp³-hybridized carbons (Fsp3) is 0.323. The largest absolute Gasteiger partial charge is 0.457 e. The number of ether oxygens (including phenoxy) is 1. The molecule has 1 saturated heterocycles. The molecule has 11 heteroatoms. The van der Waals surface area contributed by atoms with Crippen molar-refractivity contribution in [2.24, 2.45) is 0 Å². The number of likely N-dealkylation sites (tertiary alicyclic amines) is 1. The Hall–Kier alpha value is -4.95. The number of aromatic nitrogens is 4. The fourth-order valence-corrected chi connectivity index (χ4v) is 5.43. The number of anilines is 1. The summed E-state index contributed by atoms with van der Waals surface area (Å²) in [6, 6.07) is 18.5. The third-order valence-corrected chi connectivity index (χ3v) is 7.36. The number of hydrogen-bond donors (Lipinski definition) is 2. The predicted molar refractivity (Wildman–Crippen MR) is 160 cm³/mol. The highest BCUT2D eigenvalue weighted by Crippen LogP contribution is 2.29. The number of nitrogen functional groups attached to an aromatic ring is 1. The molecule has 2 aromatic heterocycles. The summed E-state index contributed by atoms with van der Waals surface area (Å²) in [5.41, 5.74) is 7.07. The van der Waals surface area contributed by atoms with Gasteiger partial charge in [-0.05, 0) is 75.7 Å². The van der Waals surface area contributed by atoms with Crippen LogP contribution in [0.4, 0.5) is 5.82 Å². The maximum absolute atomic E-state index is 13.9. The van der Waals surface area contributed by atoms with Gasteiger partial charge in [-0.25, -0.2) is 14.8 Å². The highest BCUT2D eigenvalue weighted by molar-refractivity contribution is 5.97. The number of para-hydroxylation sites is 1. The first-order valence-corrected chi connectivity index (χ1v) is 14.0. The number of nitrogens with zero attached hydrogens (tertiary/aromatic N) is 6. The molecule has 0 bridgehead atoms. The topological polar surface area (TPSA) is 144 Å². The zero-order valence-corrected chi connectivity index (χ0v) is 23.9. The molecule has 3 N–H and O–H groups in total. The van der Waals surface area contributed by atoms with Gasteiger partial charge in [-0.15, -0.1) is 0 Å². The summed E-state index contributed by atoms with van der Waals surface area (Å²) in [4.78, 5) is 37.4. The van der Waals surface area contributed by atoms with Gasteiger partial charge < -0.3 is 20.7 Å². The van der Waals surface area contributed by atoms with Crippen LogP contribution in [0.3, 0.4) is 0 Å². The molecular formula is C31H34N8O3. The second-order valence-corrected chi connectivity index (χ2v) is 10.8. The van der Waals surface area contributed by atoms with Gasteiger partial charge in [-0.2, -0.15) is 5.26 Å². The summed E-state index contributed by atoms with van der Waals surface area (Å²) in [5.74, 6) is 1.23. The molecule has 5 rings (SSSR count). The summed E-state index contributed by atoms with van der Waals surface area (Å²) in [7, 11) is 0. The number of likely N-dealkylation sites (N-methyl/N-ethyl adjacent to an activating group) is 1. The standard InChI is InChI=1S/C31H34N8O3/c1-4-36-31(2,3)18-21(19-32)29(40)37-16-14-23(15-17-37)39-28-26(27(33)34-20-35-28)38(30(39)41)22-10-12-25(13-11-22)42-24-8-6-5-7-9-24/h5-13,18,20,23,36H,4,14-17H2,1-3H3,(H2,33,34,35)/b21-18-. The number of nitrogens with two attached hydrogens (primary N) is 1. The Morgan fingerprint density at radius 1 is 1.12 bits per heavy atom. The van der Waals surface area contributed by atoms with Gasteiger partial charge >= 0.3 is 5.69 Å². The second kappa shape index (κ2) is 11.9. The van der Waals surface area contributed by atoms with Gasteiger partial charge in [0.1, 0.15) is 35.0 Å². The van der Waals surface area contributed by atoms with E-state index >= 15 is 0 Å². The van der Waals surface area contributed by atoms with E-state index in [-0.39, 0.29) is 29.0 Å². The zero-order valence-electron chi connectivity index (χ0n) is 23.9. The lowest BCUT2D eigenvalue weighted by molar-refractivity contribution is -0.128. The van der Waals surface area contributed by atoms with Crippen LogP contribution < -0.4 is 21.5 Å². The van der Waals surface area contributed by atoms with E-state index in [4.69, 9.17) is 10.5 Å². The summed E-state index contributed by atoms with van der Waals surface area (Å²) < 4.78 is 9.08. The van der Waals surface area contributed by atoms with Crippen molar-refractivity contribution in [1.82, 2.24) is 29.3 Å². The van der Waals surface area contributed by atoms with Gasteiger partial charge in [0.05, 0.1) is 5.69 Å². The Labute approximate surface area is 243 Å². The van der Waals surface area contributed by atoms with Crippen LogP contribution in [0.25, 0.3) is 16.9 Å². The first kappa shape index (κ1) is 28.6. The third-order valence-electron chi connectivity index (χ3n) is 7.36. The van der Waals surface area contributed by atoms with Gasteiger partial charge in [0.25, 0.3) is 5.91 Å². The highest BCUT2D eigenvalue weighted by atomic mass is 16.5. The molecule has 0 aliphatic carbocycles. The Morgan fingerprint density at radius 2 is 1.79 bits per heavy atom. The first-order valence-electron chi connectivity index (χ1n) is 14.0. The van der Waals surface area contributed by atoms with Crippen molar-refractivity contribution in [3.05, 3.63) is 83.1 Å². The zero-order chi connectivity index (χ0) is 29.9. The molecule has 2 aromatic carbocycles. The number of hydrogen-bond acceptors (Lipinski definition) is 8. The van der Waals surface area contributed by atoms with Crippen molar-refractivity contribution in [3.63, 3.8) is 0 Å². The second-order valence-electron chi connectivity index (χ2n) is 10.8. The minimum absolute atomic E-state index is 0.105. The number of benzene rings is 2. The van der Waals surface area contributed by atoms with Crippen LogP contribution in [0.2, 0.25) is 0 Å². The fourth-order valence-electron chi connectivity index (χ4n) is 5.43. The monoisotopic (exact) mass is 566 g/mol. The number of carbonyl (C=O) groups excluding carboxylic acids is 1. The molecule has 1 amide bonds. The van der Waals surface area contributed by atoms with Crippen molar-refractivity contribution in [2.45, 2.75) is 45.2 Å². The van der Waals surface area contributed by atoms with Crippen LogP contribution in [-0.4, -0.2) is 55.1 Å². The molecule has 1 fully saturated rings. The smallest absolute Gasteiger partial charge is 0.335 e. The van der Waals surface area contributed by atoms with Gasteiger partial charge in [-0.3, -0.25) is 13.9 Å². The molecule has 0 unspecified atom stereocenters. The maximum atomic E-state index is 13.9. The summed E-state index contributed by atoms with van der Waals surface area (Å²) in [5, 5.41) is 13.0. The lowest BCUT2D eigenvalue weighted by atomic mass is 9.99. The number of piperidine rings is 1. The number of nitrogens with one attached hydrogen (secondary N) is 1. The van der Waals surface area contributed by atoms with Crippen LogP contribution in [0, 0.1) is 11.3 Å². The average molecular weight is 567 g/mol. The molecule has 216 valence electrons. The molecule has 1 aliphatic rings. The molecule has 42 heavy (non-hydrogen) atoms. The SMILES string of the molecule is CCNC(C)(C)/C=C(/C#N)C(=O)N1CCC(n2c(=O)n(-c3ccc(Oc4ccccc4)cc3)c3c(N)ncnc32)CC1. The van der Waals surface area contributed by atoms with E-state index in [1.165, 1.54) is 10.9 Å². The molecule has 11 nitrogen and oxygen atoms in total. The van der Waals surface area contributed by atoms with Gasteiger partial charge in [0, 0.05) is 24.7 Å². The van der Waals surface area contributed by atoms with E-state index in [2.05, 4.69) is 21.4 Å². The third kappa shape index (κ3) is 5.75. The molecule has 0 atom stereocenters. The normalized spacial score (nSPS) is 14.6. The van der Waals surface area contributed by atoms with Gasteiger partial charge in [-0.1, -0.05) is 25.1 Å². The van der Waals surface area contributed by atoms with E-state index < -0.39 is 5.54 Å². The molecule has 4 aromatic rings. The Bertz CT molecular complexity index is 1710. The van der Waals surface area contributed by atoms with Crippen LogP contribution in [0.1, 0.15) is 39.7 Å². The quantitative estimate of drug-likeness (QED) is 0.241. The summed E-state index contributed by atoms with van der Waals surface area (Å²) in [6.07, 6.45) is 4.07. The Balaban J connectivity index is 1.41. The minimum atomic E-state index is -0.492. The minimum Gasteiger partial charge on any atom is -0.457 e. The highest BCUT2D eigenvalue weighted by Gasteiger charge is 2.31. The number of nitriles is 1. The number of imidazole rings is 1. The Kier molecular flexibility index (Phi) is 8.08. The number of fused-ring (bicyclic) bond motifs is 1. The average Bonchev–Trinajstić information content (AvgIpc) is 3.29. The summed E-state index contributed by atoms with van der Waals surface area (Å²) in [6.45, 7) is 7.33. The van der Waals surface area contributed by atoms with E-state index in [1.54, 1.807) is 39.8 Å². The van der Waals surface area contributed by atoms with Crippen LogP contribution in [0.15, 0.2) is 77.4 Å². The van der Waals surface area contributed by atoms with Crippen molar-refractivity contribution in [1.29, 1.82) is 5.26 Å². The Morgan fingerprint density at radius 3 is 2.43 bits per heavy atom. The van der Waals surface area contributed by atoms with E-state index in [0.717, 1.165) is 0 Å². The lowest BCUT2D eigenvalue weighted by Crippen LogP contribution is -2.42. The van der Waals surface area contributed by atoms with Gasteiger partial charge in [0.2, 0.25) is 0 Å². The van der Waals surface area contributed by atoms with Crippen molar-refractivity contribution in [2.75, 3.05) is 25.4 Å². The van der Waals surface area contributed by atoms with Crippen LogP contribution >= 0.6 is 0 Å². The molecule has 0 saturated carbocycles. The molecule has 1 aliphatic heterocycles. The van der Waals surface area contributed by atoms with Crippen molar-refractivity contribution < 1.29 is 9.53 Å². The molecular weight excluding hydrogens is 532 g/mol. The van der Waals surface area contributed by atoms with E-state index in [9.17, 15) is 14.9 Å². The maximum Gasteiger partial charge on any atom is 0.335 e. The van der Waals surface area contributed by atoms with Crippen LogP contribution in [0.5, 0.6) is 11.5 Å². The lowest BCUT2D eigenvalue weighted by Gasteiger charge is -2.32.